The number of benzene rings is 1. The van der Waals surface area contributed by atoms with Gasteiger partial charge in [0.05, 0.1) is 13.1 Å². The van der Waals surface area contributed by atoms with Crippen LogP contribution >= 0.6 is 12.2 Å². The summed E-state index contributed by atoms with van der Waals surface area (Å²) >= 11 is 4.97. The van der Waals surface area contributed by atoms with Gasteiger partial charge in [-0.15, -0.1) is 0 Å². The number of nitrogens with one attached hydrogen (secondary N) is 2. The molecule has 0 saturated carbocycles. The van der Waals surface area contributed by atoms with Crippen molar-refractivity contribution in [2.45, 2.75) is 13.0 Å². The van der Waals surface area contributed by atoms with Crippen LogP contribution in [0.1, 0.15) is 17.3 Å². The number of Topliss-reactive ketones (excluding diaryl/α,β-unsaturated/α-hetero) is 1. The molecule has 1 aromatic rings. The quantitative estimate of drug-likeness (QED) is 0.645. The van der Waals surface area contributed by atoms with Crippen molar-refractivity contribution in [3.63, 3.8) is 0 Å². The highest BCUT2D eigenvalue weighted by Crippen LogP contribution is 2.22. The van der Waals surface area contributed by atoms with E-state index in [1.807, 2.05) is 0 Å². The molecule has 0 radical (unpaired) electrons. The summed E-state index contributed by atoms with van der Waals surface area (Å²) in [5, 5.41) is 6.27. The molecule has 2 rings (SSSR count). The van der Waals surface area contributed by atoms with Crippen molar-refractivity contribution in [3.05, 3.63) is 29.8 Å². The van der Waals surface area contributed by atoms with Gasteiger partial charge in [0.15, 0.2) is 10.9 Å². The van der Waals surface area contributed by atoms with Crippen molar-refractivity contribution in [1.29, 1.82) is 0 Å². The molecule has 1 amide bonds. The van der Waals surface area contributed by atoms with Crippen LogP contribution in [0.15, 0.2) is 24.3 Å². The van der Waals surface area contributed by atoms with Crippen LogP contribution < -0.4 is 15.5 Å². The molecule has 2 N–H and O–H groups in total. The molecule has 0 unspecified atom stereocenters. The first-order valence-corrected chi connectivity index (χ1v) is 6.97. The van der Waals surface area contributed by atoms with E-state index in [0.29, 0.717) is 29.5 Å². The minimum absolute atomic E-state index is 0.00629. The maximum Gasteiger partial charge on any atom is 0.414 e. The third kappa shape index (κ3) is 3.69. The van der Waals surface area contributed by atoms with Crippen LogP contribution in [0.5, 0.6) is 0 Å². The van der Waals surface area contributed by atoms with Crippen LogP contribution in [0.4, 0.5) is 10.5 Å². The number of thiocarbonyl (C=S) groups is 1. The highest BCUT2D eigenvalue weighted by Gasteiger charge is 2.32. The summed E-state index contributed by atoms with van der Waals surface area (Å²) in [5.74, 6) is -0.00629. The third-order valence-electron chi connectivity index (χ3n) is 3.18. The van der Waals surface area contributed by atoms with Crippen LogP contribution in [-0.4, -0.2) is 43.2 Å². The Kier molecular flexibility index (Phi) is 4.74. The average Bonchev–Trinajstić information content (AvgIpc) is 2.86. The molecule has 1 fully saturated rings. The van der Waals surface area contributed by atoms with E-state index in [4.69, 9.17) is 17.0 Å². The van der Waals surface area contributed by atoms with Gasteiger partial charge in [-0.05, 0) is 43.4 Å². The second-order valence-corrected chi connectivity index (χ2v) is 5.09. The molecule has 1 atom stereocenters. The normalized spacial score (nSPS) is 17.3. The first-order valence-electron chi connectivity index (χ1n) is 6.56. The number of anilines is 1. The van der Waals surface area contributed by atoms with Crippen LogP contribution in [0, 0.1) is 0 Å². The van der Waals surface area contributed by atoms with E-state index in [2.05, 4.69) is 10.6 Å². The lowest BCUT2D eigenvalue weighted by molar-refractivity contribution is 0.101. The summed E-state index contributed by atoms with van der Waals surface area (Å²) in [6.45, 7) is 2.40. The summed E-state index contributed by atoms with van der Waals surface area (Å²) in [5.41, 5.74) is 1.33. The first-order chi connectivity index (χ1) is 10.0. The lowest BCUT2D eigenvalue weighted by Gasteiger charge is -2.13. The minimum atomic E-state index is -0.396. The Balaban J connectivity index is 1.99. The van der Waals surface area contributed by atoms with Crippen molar-refractivity contribution in [1.82, 2.24) is 10.6 Å². The van der Waals surface area contributed by atoms with Gasteiger partial charge in [-0.25, -0.2) is 4.79 Å². The molecule has 1 saturated heterocycles. The van der Waals surface area contributed by atoms with Gasteiger partial charge in [-0.3, -0.25) is 9.69 Å². The summed E-state index contributed by atoms with van der Waals surface area (Å²) in [6, 6.07) is 6.89. The molecule has 0 aromatic heterocycles. The largest absolute Gasteiger partial charge is 0.442 e. The Morgan fingerprint density at radius 3 is 2.67 bits per heavy atom. The molecule has 1 aliphatic heterocycles. The molecule has 1 aliphatic rings. The van der Waals surface area contributed by atoms with Crippen molar-refractivity contribution >= 4 is 34.9 Å². The number of amides is 1. The molecule has 21 heavy (non-hydrogen) atoms. The number of hydrogen-bond donors (Lipinski definition) is 2. The Morgan fingerprint density at radius 2 is 2.10 bits per heavy atom. The number of rotatable bonds is 4. The Hall–Kier alpha value is -2.15. The van der Waals surface area contributed by atoms with Crippen molar-refractivity contribution in [2.24, 2.45) is 0 Å². The van der Waals surface area contributed by atoms with Gasteiger partial charge in [0.25, 0.3) is 0 Å². The van der Waals surface area contributed by atoms with Gasteiger partial charge < -0.3 is 15.4 Å². The molecule has 1 heterocycles. The fourth-order valence-electron chi connectivity index (χ4n) is 2.01. The molecule has 7 heteroatoms. The second-order valence-electron chi connectivity index (χ2n) is 4.68. The number of carbonyl (C=O) groups is 2. The van der Waals surface area contributed by atoms with Gasteiger partial charge in [0.2, 0.25) is 0 Å². The van der Waals surface area contributed by atoms with Crippen molar-refractivity contribution < 1.29 is 14.3 Å². The fourth-order valence-corrected chi connectivity index (χ4v) is 2.09. The Morgan fingerprint density at radius 1 is 1.43 bits per heavy atom. The van der Waals surface area contributed by atoms with Gasteiger partial charge >= 0.3 is 6.09 Å². The molecule has 112 valence electrons. The maximum atomic E-state index is 11.9. The zero-order valence-corrected chi connectivity index (χ0v) is 12.7. The predicted octanol–water partition coefficient (Wildman–Crippen LogP) is 1.31. The minimum Gasteiger partial charge on any atom is -0.442 e. The predicted molar refractivity (Wildman–Crippen MR) is 83.7 cm³/mol. The average molecular weight is 307 g/mol. The van der Waals surface area contributed by atoms with Crippen LogP contribution in [0.25, 0.3) is 0 Å². The summed E-state index contributed by atoms with van der Waals surface area (Å²) in [6.07, 6.45) is -0.663. The van der Waals surface area contributed by atoms with E-state index < -0.39 is 6.09 Å². The van der Waals surface area contributed by atoms with E-state index in [0.717, 1.165) is 0 Å². The molecule has 0 spiro atoms. The molecule has 0 aliphatic carbocycles. The van der Waals surface area contributed by atoms with Gasteiger partial charge in [0.1, 0.15) is 6.10 Å². The van der Waals surface area contributed by atoms with Crippen LogP contribution in [0.3, 0.4) is 0 Å². The molecule has 0 bridgehead atoms. The molecular weight excluding hydrogens is 290 g/mol. The molecular formula is C14H17N3O3S. The summed E-state index contributed by atoms with van der Waals surface area (Å²) < 4.78 is 5.27. The number of ether oxygens (including phenoxy) is 1. The standard InChI is InChI=1S/C14H17N3O3S/c1-9(18)10-3-5-11(6-4-10)17-8-12(20-14(17)19)7-16-13(21)15-2/h3-6,12H,7-8H2,1-2H3,(H2,15,16,21)/t12-/m0/s1. The first kappa shape index (κ1) is 15.2. The van der Waals surface area contributed by atoms with E-state index >= 15 is 0 Å². The van der Waals surface area contributed by atoms with Crippen molar-refractivity contribution in [3.8, 4) is 0 Å². The number of carbonyl (C=O) groups excluding carboxylic acids is 2. The lowest BCUT2D eigenvalue weighted by Crippen LogP contribution is -2.39. The fraction of sp³-hybridized carbons (Fsp3) is 0.357. The number of ketones is 1. The highest BCUT2D eigenvalue weighted by atomic mass is 32.1. The van der Waals surface area contributed by atoms with E-state index in [1.54, 1.807) is 36.2 Å². The number of nitrogens with zero attached hydrogens (tertiary/aromatic N) is 1. The monoisotopic (exact) mass is 307 g/mol. The molecule has 6 nitrogen and oxygen atoms in total. The summed E-state index contributed by atoms with van der Waals surface area (Å²) in [4.78, 5) is 24.7. The topological polar surface area (TPSA) is 70.7 Å². The Bertz CT molecular complexity index is 559. The maximum absolute atomic E-state index is 11.9. The number of hydrogen-bond acceptors (Lipinski definition) is 4. The smallest absolute Gasteiger partial charge is 0.414 e. The lowest BCUT2D eigenvalue weighted by atomic mass is 10.1. The second kappa shape index (κ2) is 6.53. The van der Waals surface area contributed by atoms with E-state index in [9.17, 15) is 9.59 Å². The molecule has 1 aromatic carbocycles. The van der Waals surface area contributed by atoms with Gasteiger partial charge in [0, 0.05) is 18.3 Å². The summed E-state index contributed by atoms with van der Waals surface area (Å²) in [7, 11) is 1.72. The SMILES string of the molecule is CNC(=S)NC[C@H]1CN(c2ccc(C(C)=O)cc2)C(=O)O1. The van der Waals surface area contributed by atoms with Crippen LogP contribution in [0.2, 0.25) is 0 Å². The highest BCUT2D eigenvalue weighted by molar-refractivity contribution is 7.80. The van der Waals surface area contributed by atoms with Gasteiger partial charge in [-0.2, -0.15) is 0 Å². The zero-order chi connectivity index (χ0) is 15.4. The van der Waals surface area contributed by atoms with Gasteiger partial charge in [-0.1, -0.05) is 0 Å². The zero-order valence-electron chi connectivity index (χ0n) is 11.9. The van der Waals surface area contributed by atoms with Crippen LogP contribution in [-0.2, 0) is 4.74 Å². The van der Waals surface area contributed by atoms with E-state index in [1.165, 1.54) is 6.92 Å². The number of cyclic esters (lactones) is 1. The third-order valence-corrected chi connectivity index (χ3v) is 3.53. The van der Waals surface area contributed by atoms with E-state index in [-0.39, 0.29) is 11.9 Å². The Labute approximate surface area is 128 Å². The van der Waals surface area contributed by atoms with Crippen molar-refractivity contribution in [2.75, 3.05) is 25.0 Å².